The zero-order chi connectivity index (χ0) is 29.7. The summed E-state index contributed by atoms with van der Waals surface area (Å²) in [6, 6.07) is 23.4. The first-order valence-corrected chi connectivity index (χ1v) is 15.3. The smallest absolute Gasteiger partial charge is 0.224 e. The van der Waals surface area contributed by atoms with E-state index < -0.39 is 6.29 Å². The van der Waals surface area contributed by atoms with Crippen molar-refractivity contribution in [3.63, 3.8) is 0 Å². The van der Waals surface area contributed by atoms with Gasteiger partial charge >= 0.3 is 0 Å². The number of aliphatic hydroxyl groups excluding tert-OH is 1. The van der Waals surface area contributed by atoms with Crippen LogP contribution in [0.2, 0.25) is 0 Å². The lowest BCUT2D eigenvalue weighted by molar-refractivity contribution is -0.245. The number of benzene rings is 3. The first kappa shape index (κ1) is 31.6. The van der Waals surface area contributed by atoms with Crippen molar-refractivity contribution in [2.45, 2.75) is 69.0 Å². The van der Waals surface area contributed by atoms with Crippen LogP contribution in [-0.2, 0) is 25.7 Å². The predicted molar refractivity (Wildman–Crippen MR) is 164 cm³/mol. The maximum atomic E-state index is 12.4. The van der Waals surface area contributed by atoms with Crippen LogP contribution in [0.25, 0.3) is 0 Å². The highest BCUT2D eigenvalue weighted by Gasteiger charge is 2.32. The Morgan fingerprint density at radius 2 is 1.69 bits per heavy atom. The number of carbonyl (C=O) groups excluding carboxylic acids is 2. The van der Waals surface area contributed by atoms with Crippen LogP contribution in [0, 0.1) is 0 Å². The Kier molecular flexibility index (Phi) is 12.3. The second-order valence-electron chi connectivity index (χ2n) is 10.3. The van der Waals surface area contributed by atoms with Gasteiger partial charge in [0.25, 0.3) is 0 Å². The van der Waals surface area contributed by atoms with E-state index in [1.807, 2.05) is 72.8 Å². The molecular formula is C33H40N2O6S. The van der Waals surface area contributed by atoms with Crippen molar-refractivity contribution in [1.29, 1.82) is 0 Å². The van der Waals surface area contributed by atoms with Crippen LogP contribution >= 0.6 is 11.8 Å². The summed E-state index contributed by atoms with van der Waals surface area (Å²) in [5.41, 5.74) is 3.48. The number of nitrogens with one attached hydrogen (secondary N) is 2. The molecule has 8 nitrogen and oxygen atoms in total. The monoisotopic (exact) mass is 592 g/mol. The molecule has 0 aromatic heterocycles. The zero-order valence-corrected chi connectivity index (χ0v) is 25.0. The standard InChI is InChI=1S/C33H40N2O6S/c1-23(37)34-19-7-3-4-10-32(38)35-27-17-15-26(16-18-27)33-40-28(22-42-31-9-6-5-8-29(31)39-2)20-30(41-33)25-13-11-24(21-36)12-14-25/h5-6,8-9,11-18,28,30,33,36H,3-4,7,10,19-22H2,1-2H3,(H,34,37)(H,35,38). The minimum Gasteiger partial charge on any atom is -0.496 e. The van der Waals surface area contributed by atoms with Crippen LogP contribution in [0.1, 0.15) is 68.1 Å². The summed E-state index contributed by atoms with van der Waals surface area (Å²) in [7, 11) is 1.68. The highest BCUT2D eigenvalue weighted by atomic mass is 32.2. The number of carbonyl (C=O) groups is 2. The van der Waals surface area contributed by atoms with Crippen LogP contribution in [0.5, 0.6) is 5.75 Å². The second-order valence-corrected chi connectivity index (χ2v) is 11.3. The molecule has 42 heavy (non-hydrogen) atoms. The van der Waals surface area contributed by atoms with Gasteiger partial charge in [-0.15, -0.1) is 11.8 Å². The third-order valence-electron chi connectivity index (χ3n) is 7.03. The van der Waals surface area contributed by atoms with Crippen LogP contribution in [-0.4, -0.2) is 42.4 Å². The van der Waals surface area contributed by atoms with Crippen LogP contribution in [0.4, 0.5) is 5.69 Å². The number of thioether (sulfide) groups is 1. The normalized spacial score (nSPS) is 18.3. The number of hydrogen-bond donors (Lipinski definition) is 3. The van der Waals surface area contributed by atoms with Crippen molar-refractivity contribution < 1.29 is 28.9 Å². The van der Waals surface area contributed by atoms with E-state index in [2.05, 4.69) is 10.6 Å². The van der Waals surface area contributed by atoms with Crippen molar-refractivity contribution >= 4 is 29.3 Å². The topological polar surface area (TPSA) is 106 Å². The molecule has 3 unspecified atom stereocenters. The van der Waals surface area contributed by atoms with Gasteiger partial charge in [0, 0.05) is 48.2 Å². The van der Waals surface area contributed by atoms with Crippen molar-refractivity contribution in [3.8, 4) is 5.75 Å². The molecule has 4 rings (SSSR count). The molecule has 0 bridgehead atoms. The lowest BCUT2D eigenvalue weighted by Gasteiger charge is -2.36. The molecule has 3 atom stereocenters. The molecule has 0 saturated carbocycles. The number of methoxy groups -OCH3 is 1. The molecule has 0 spiro atoms. The first-order chi connectivity index (χ1) is 20.4. The molecule has 1 fully saturated rings. The van der Waals surface area contributed by atoms with Crippen molar-refractivity contribution in [2.75, 3.05) is 24.7 Å². The molecule has 1 aliphatic heterocycles. The summed E-state index contributed by atoms with van der Waals surface area (Å²) in [4.78, 5) is 24.4. The molecule has 2 amide bonds. The fourth-order valence-corrected chi connectivity index (χ4v) is 5.79. The van der Waals surface area contributed by atoms with Crippen LogP contribution < -0.4 is 15.4 Å². The quantitative estimate of drug-likeness (QED) is 0.152. The number of anilines is 1. The van der Waals surface area contributed by atoms with E-state index in [4.69, 9.17) is 14.2 Å². The van der Waals surface area contributed by atoms with Gasteiger partial charge in [-0.25, -0.2) is 0 Å². The minimum absolute atomic E-state index is 0.00277. The van der Waals surface area contributed by atoms with Gasteiger partial charge < -0.3 is 30.0 Å². The van der Waals surface area contributed by atoms with Gasteiger partial charge in [0.05, 0.1) is 25.9 Å². The van der Waals surface area contributed by atoms with E-state index in [0.717, 1.165) is 58.0 Å². The Balaban J connectivity index is 1.38. The van der Waals surface area contributed by atoms with Crippen LogP contribution in [0.15, 0.2) is 77.7 Å². The van der Waals surface area contributed by atoms with Crippen molar-refractivity contribution in [1.82, 2.24) is 5.32 Å². The van der Waals surface area contributed by atoms with E-state index in [1.165, 1.54) is 6.92 Å². The minimum atomic E-state index is -0.571. The summed E-state index contributed by atoms with van der Waals surface area (Å²) in [5, 5.41) is 15.2. The molecule has 1 aliphatic rings. The van der Waals surface area contributed by atoms with Crippen LogP contribution in [0.3, 0.4) is 0 Å². The summed E-state index contributed by atoms with van der Waals surface area (Å²) in [5.74, 6) is 1.50. The van der Waals surface area contributed by atoms with Gasteiger partial charge in [-0.05, 0) is 48.2 Å². The fraction of sp³-hybridized carbons (Fsp3) is 0.394. The third-order valence-corrected chi connectivity index (χ3v) is 8.22. The molecule has 3 aromatic rings. The highest BCUT2D eigenvalue weighted by molar-refractivity contribution is 7.99. The Bertz CT molecular complexity index is 1280. The Morgan fingerprint density at radius 1 is 0.952 bits per heavy atom. The summed E-state index contributed by atoms with van der Waals surface area (Å²) < 4.78 is 18.4. The third kappa shape index (κ3) is 9.59. The lowest BCUT2D eigenvalue weighted by atomic mass is 10.0. The molecule has 3 aromatic carbocycles. The average Bonchev–Trinajstić information content (AvgIpc) is 3.02. The van der Waals surface area contributed by atoms with Gasteiger partial charge in [0.15, 0.2) is 6.29 Å². The Labute approximate surface area is 252 Å². The molecule has 1 saturated heterocycles. The Hall–Kier alpha value is -3.37. The molecule has 0 radical (unpaired) electrons. The predicted octanol–water partition coefficient (Wildman–Crippen LogP) is 6.16. The Morgan fingerprint density at radius 3 is 2.40 bits per heavy atom. The molecule has 224 valence electrons. The van der Waals surface area contributed by atoms with E-state index in [1.54, 1.807) is 18.9 Å². The van der Waals surface area contributed by atoms with Gasteiger partial charge in [0.1, 0.15) is 5.75 Å². The first-order valence-electron chi connectivity index (χ1n) is 14.4. The van der Waals surface area contributed by atoms with E-state index in [-0.39, 0.29) is 30.6 Å². The fourth-order valence-electron chi connectivity index (χ4n) is 4.74. The summed E-state index contributed by atoms with van der Waals surface area (Å²) >= 11 is 1.70. The van der Waals surface area contributed by atoms with Gasteiger partial charge in [0.2, 0.25) is 11.8 Å². The number of para-hydroxylation sites is 1. The number of aliphatic hydroxyl groups is 1. The largest absolute Gasteiger partial charge is 0.496 e. The summed E-state index contributed by atoms with van der Waals surface area (Å²) in [6.07, 6.45) is 2.79. The maximum Gasteiger partial charge on any atom is 0.224 e. The molecule has 0 aliphatic carbocycles. The summed E-state index contributed by atoms with van der Waals surface area (Å²) in [6.45, 7) is 2.14. The lowest BCUT2D eigenvalue weighted by Crippen LogP contribution is -2.31. The molecule has 3 N–H and O–H groups in total. The van der Waals surface area contributed by atoms with Gasteiger partial charge in [-0.1, -0.05) is 55.0 Å². The maximum absolute atomic E-state index is 12.4. The number of rotatable bonds is 14. The highest BCUT2D eigenvalue weighted by Crippen LogP contribution is 2.40. The van der Waals surface area contributed by atoms with E-state index in [0.29, 0.717) is 19.4 Å². The average molecular weight is 593 g/mol. The second kappa shape index (κ2) is 16.3. The zero-order valence-electron chi connectivity index (χ0n) is 24.2. The SMILES string of the molecule is COc1ccccc1SCC1CC(c2ccc(CO)cc2)OC(c2ccc(NC(=O)CCCCCNC(C)=O)cc2)O1. The van der Waals surface area contributed by atoms with Gasteiger partial charge in [-0.3, -0.25) is 9.59 Å². The molecule has 9 heteroatoms. The number of unbranched alkanes of at least 4 members (excludes halogenated alkanes) is 2. The van der Waals surface area contributed by atoms with Gasteiger partial charge in [-0.2, -0.15) is 0 Å². The van der Waals surface area contributed by atoms with Crippen molar-refractivity contribution in [3.05, 3.63) is 89.5 Å². The number of amides is 2. The molecule has 1 heterocycles. The van der Waals surface area contributed by atoms with Crippen molar-refractivity contribution in [2.24, 2.45) is 0 Å². The molecular weight excluding hydrogens is 552 g/mol. The van der Waals surface area contributed by atoms with E-state index >= 15 is 0 Å². The number of hydrogen-bond acceptors (Lipinski definition) is 7. The van der Waals surface area contributed by atoms with E-state index in [9.17, 15) is 14.7 Å². The number of ether oxygens (including phenoxy) is 3.